The Labute approximate surface area is 150 Å². The van der Waals surface area contributed by atoms with Crippen LogP contribution < -0.4 is 0 Å². The number of hydrogen-bond acceptors (Lipinski definition) is 0. The first-order valence-electron chi connectivity index (χ1n) is 8.78. The molecule has 2 unspecified atom stereocenters. The van der Waals surface area contributed by atoms with E-state index >= 15 is 0 Å². The Kier molecular flexibility index (Phi) is 9.38. The van der Waals surface area contributed by atoms with Crippen molar-refractivity contribution >= 4 is 0 Å². The van der Waals surface area contributed by atoms with E-state index in [1.807, 2.05) is 19.9 Å². The maximum Gasteiger partial charge on any atom is 0.299 e. The second-order valence-corrected chi connectivity index (χ2v) is 7.88. The van der Waals surface area contributed by atoms with Crippen LogP contribution in [0.15, 0.2) is 36.0 Å². The fraction of sp³-hybridized carbons (Fsp3) is 0.636. The van der Waals surface area contributed by atoms with E-state index in [-0.39, 0.29) is 11.5 Å². The molecular formula is C22H34N2. The smallest absolute Gasteiger partial charge is 0.299 e. The third kappa shape index (κ3) is 8.16. The number of allylic oxidation sites excluding steroid dienone is 5. The standard InChI is InChI=1S/C22H34N2/c1-10-22(7,16-14-19(4)13-11-12-18(2)3)17-15-20(23-8)21(5,6)24-9/h10,12,14,20H,1,11,13,15-17H2,2-7H3. The van der Waals surface area contributed by atoms with Crippen LogP contribution in [-0.4, -0.2) is 11.6 Å². The normalized spacial score (nSPS) is 15.6. The lowest BCUT2D eigenvalue weighted by molar-refractivity contribution is 0.352. The minimum absolute atomic E-state index is 0.0151. The van der Waals surface area contributed by atoms with Gasteiger partial charge in [0.25, 0.3) is 11.6 Å². The summed E-state index contributed by atoms with van der Waals surface area (Å²) < 4.78 is 0. The third-order valence-corrected chi connectivity index (χ3v) is 4.75. The van der Waals surface area contributed by atoms with Crippen LogP contribution in [0.1, 0.15) is 73.6 Å². The van der Waals surface area contributed by atoms with Crippen LogP contribution in [0.2, 0.25) is 0 Å². The number of nitrogens with zero attached hydrogens (tertiary/aromatic N) is 2. The zero-order chi connectivity index (χ0) is 18.8. The molecule has 0 radical (unpaired) electrons. The van der Waals surface area contributed by atoms with E-state index in [4.69, 9.17) is 13.1 Å². The zero-order valence-corrected chi connectivity index (χ0v) is 16.4. The fourth-order valence-electron chi connectivity index (χ4n) is 2.50. The molecule has 2 heteroatoms. The Bertz CT molecular complexity index is 547. The summed E-state index contributed by atoms with van der Waals surface area (Å²) in [5.74, 6) is 0. The molecule has 2 atom stereocenters. The monoisotopic (exact) mass is 326 g/mol. The maximum atomic E-state index is 7.40. The van der Waals surface area contributed by atoms with Crippen LogP contribution in [0.25, 0.3) is 9.69 Å². The second-order valence-electron chi connectivity index (χ2n) is 7.88. The molecule has 0 amide bonds. The maximum absolute atomic E-state index is 7.40. The quantitative estimate of drug-likeness (QED) is 0.301. The van der Waals surface area contributed by atoms with E-state index in [9.17, 15) is 0 Å². The molecule has 0 rings (SSSR count). The number of rotatable bonds is 10. The summed E-state index contributed by atoms with van der Waals surface area (Å²) in [6, 6.07) is -0.253. The van der Waals surface area contributed by atoms with Crippen LogP contribution in [0, 0.1) is 18.6 Å². The molecule has 0 aliphatic heterocycles. The van der Waals surface area contributed by atoms with Crippen molar-refractivity contribution in [2.75, 3.05) is 0 Å². The Morgan fingerprint density at radius 3 is 2.21 bits per heavy atom. The van der Waals surface area contributed by atoms with Crippen molar-refractivity contribution in [3.63, 3.8) is 0 Å². The Balaban J connectivity index is 4.75. The van der Waals surface area contributed by atoms with E-state index in [1.165, 1.54) is 11.1 Å². The van der Waals surface area contributed by atoms with E-state index in [0.717, 1.165) is 32.1 Å². The molecule has 0 fully saturated rings. The largest absolute Gasteiger partial charge is 0.305 e. The van der Waals surface area contributed by atoms with Gasteiger partial charge in [-0.1, -0.05) is 36.3 Å². The van der Waals surface area contributed by atoms with Crippen molar-refractivity contribution in [3.05, 3.63) is 58.8 Å². The summed E-state index contributed by atoms with van der Waals surface area (Å²) in [5, 5.41) is 0. The highest BCUT2D eigenvalue weighted by atomic mass is 14.9. The molecule has 0 saturated carbocycles. The molecule has 0 aromatic rings. The molecule has 24 heavy (non-hydrogen) atoms. The molecule has 0 saturated heterocycles. The topological polar surface area (TPSA) is 8.72 Å². The molecule has 2 nitrogen and oxygen atoms in total. The van der Waals surface area contributed by atoms with Crippen LogP contribution >= 0.6 is 0 Å². The molecule has 0 N–H and O–H groups in total. The minimum atomic E-state index is -0.611. The first-order chi connectivity index (χ1) is 11.1. The Morgan fingerprint density at radius 1 is 1.12 bits per heavy atom. The highest BCUT2D eigenvalue weighted by Crippen LogP contribution is 2.34. The van der Waals surface area contributed by atoms with Crippen LogP contribution in [0.3, 0.4) is 0 Å². The van der Waals surface area contributed by atoms with Gasteiger partial charge >= 0.3 is 0 Å². The number of hydrogen-bond donors (Lipinski definition) is 0. The van der Waals surface area contributed by atoms with Gasteiger partial charge in [-0.2, -0.15) is 0 Å². The predicted molar refractivity (Wildman–Crippen MR) is 106 cm³/mol. The molecule has 0 aliphatic rings. The lowest BCUT2D eigenvalue weighted by Crippen LogP contribution is -2.31. The Morgan fingerprint density at radius 2 is 1.75 bits per heavy atom. The molecule has 0 aromatic carbocycles. The average molecular weight is 327 g/mol. The summed E-state index contributed by atoms with van der Waals surface area (Å²) in [6.45, 7) is 31.1. The molecule has 132 valence electrons. The van der Waals surface area contributed by atoms with Crippen molar-refractivity contribution in [1.82, 2.24) is 0 Å². The second kappa shape index (κ2) is 10.1. The summed E-state index contributed by atoms with van der Waals surface area (Å²) in [4.78, 5) is 7.33. The summed E-state index contributed by atoms with van der Waals surface area (Å²) in [7, 11) is 0. The van der Waals surface area contributed by atoms with Gasteiger partial charge in [0, 0.05) is 20.3 Å². The summed E-state index contributed by atoms with van der Waals surface area (Å²) in [6.07, 6.45) is 11.4. The third-order valence-electron chi connectivity index (χ3n) is 4.75. The first kappa shape index (κ1) is 22.2. The first-order valence-corrected chi connectivity index (χ1v) is 8.78. The van der Waals surface area contributed by atoms with Crippen LogP contribution in [-0.2, 0) is 0 Å². The predicted octanol–water partition coefficient (Wildman–Crippen LogP) is 7.03. The minimum Gasteiger partial charge on any atom is -0.305 e. The van der Waals surface area contributed by atoms with E-state index in [2.05, 4.69) is 56.1 Å². The van der Waals surface area contributed by atoms with Crippen molar-refractivity contribution in [1.29, 1.82) is 0 Å². The van der Waals surface area contributed by atoms with Crippen molar-refractivity contribution in [2.45, 2.75) is 85.2 Å². The fourth-order valence-corrected chi connectivity index (χ4v) is 2.50. The Hall–Kier alpha value is -1.80. The molecule has 0 heterocycles. The lowest BCUT2D eigenvalue weighted by Gasteiger charge is -2.25. The van der Waals surface area contributed by atoms with Gasteiger partial charge in [-0.3, -0.25) is 0 Å². The lowest BCUT2D eigenvalue weighted by atomic mass is 9.78. The van der Waals surface area contributed by atoms with Crippen molar-refractivity contribution in [3.8, 4) is 0 Å². The van der Waals surface area contributed by atoms with Gasteiger partial charge in [0.05, 0.1) is 0 Å². The van der Waals surface area contributed by atoms with Gasteiger partial charge in [0.1, 0.15) is 0 Å². The van der Waals surface area contributed by atoms with Gasteiger partial charge in [0.2, 0.25) is 0 Å². The summed E-state index contributed by atoms with van der Waals surface area (Å²) in [5.41, 5.74) is 2.15. The summed E-state index contributed by atoms with van der Waals surface area (Å²) >= 11 is 0. The SMILES string of the molecule is [C-]#[N+]C(CCC(C)(C=C)CC=C(C)CCC=C(C)C)C(C)(C)[N+]#[C-]. The van der Waals surface area contributed by atoms with Crippen LogP contribution in [0.4, 0.5) is 0 Å². The van der Waals surface area contributed by atoms with Gasteiger partial charge in [0.15, 0.2) is 0 Å². The van der Waals surface area contributed by atoms with E-state index in [1.54, 1.807) is 0 Å². The molecule has 0 aromatic heterocycles. The van der Waals surface area contributed by atoms with E-state index in [0.29, 0.717) is 0 Å². The molecule has 0 bridgehead atoms. The highest BCUT2D eigenvalue weighted by molar-refractivity contribution is 5.09. The molecule has 0 aliphatic carbocycles. The van der Waals surface area contributed by atoms with E-state index < -0.39 is 5.54 Å². The van der Waals surface area contributed by atoms with Gasteiger partial charge in [-0.25, -0.2) is 13.1 Å². The zero-order valence-electron chi connectivity index (χ0n) is 16.4. The molecular weight excluding hydrogens is 292 g/mol. The van der Waals surface area contributed by atoms with Crippen molar-refractivity contribution in [2.24, 2.45) is 5.41 Å². The average Bonchev–Trinajstić information content (AvgIpc) is 2.53. The molecule has 0 spiro atoms. The van der Waals surface area contributed by atoms with Gasteiger partial charge in [-0.15, -0.1) is 6.58 Å². The van der Waals surface area contributed by atoms with Crippen molar-refractivity contribution < 1.29 is 0 Å². The van der Waals surface area contributed by atoms with Gasteiger partial charge < -0.3 is 9.69 Å². The highest BCUT2D eigenvalue weighted by Gasteiger charge is 2.41. The van der Waals surface area contributed by atoms with Crippen LogP contribution in [0.5, 0.6) is 0 Å². The van der Waals surface area contributed by atoms with Gasteiger partial charge in [-0.05, 0) is 51.9 Å².